The third-order valence-corrected chi connectivity index (χ3v) is 4.89. The molecule has 1 fully saturated rings. The maximum Gasteiger partial charge on any atom is 0.254 e. The second-order valence-corrected chi connectivity index (χ2v) is 6.66. The van der Waals surface area contributed by atoms with Crippen LogP contribution in [-0.4, -0.2) is 58.9 Å². The zero-order valence-electron chi connectivity index (χ0n) is 14.9. The lowest BCUT2D eigenvalue weighted by atomic mass is 10.0. The molecule has 1 N–H and O–H groups in total. The minimum atomic E-state index is 0.0857. The Bertz CT molecular complexity index is 937. The van der Waals surface area contributed by atoms with Crippen molar-refractivity contribution in [2.45, 2.75) is 0 Å². The number of nitrogens with zero attached hydrogens (tertiary/aromatic N) is 3. The number of carbonyl (C=O) groups excluding carboxylic acids is 1. The fraction of sp³-hybridized carbons (Fsp3) is 0.238. The lowest BCUT2D eigenvalue weighted by Gasteiger charge is -2.33. The molecule has 3 aromatic rings. The quantitative estimate of drug-likeness (QED) is 0.742. The van der Waals surface area contributed by atoms with E-state index in [9.17, 15) is 4.79 Å². The fourth-order valence-electron chi connectivity index (χ4n) is 3.32. The van der Waals surface area contributed by atoms with Crippen molar-refractivity contribution in [2.24, 2.45) is 0 Å². The van der Waals surface area contributed by atoms with Crippen molar-refractivity contribution in [2.75, 3.05) is 33.2 Å². The second kappa shape index (κ2) is 7.14. The summed E-state index contributed by atoms with van der Waals surface area (Å²) >= 11 is 0. The summed E-state index contributed by atoms with van der Waals surface area (Å²) in [6, 6.07) is 13.8. The largest absolute Gasteiger partial charge is 0.346 e. The van der Waals surface area contributed by atoms with Crippen molar-refractivity contribution in [3.05, 3.63) is 66.0 Å². The van der Waals surface area contributed by atoms with E-state index in [2.05, 4.69) is 21.9 Å². The molecule has 0 aliphatic carbocycles. The van der Waals surface area contributed by atoms with Crippen LogP contribution in [-0.2, 0) is 4.79 Å². The van der Waals surface area contributed by atoms with E-state index in [1.165, 1.54) is 0 Å². The van der Waals surface area contributed by atoms with Gasteiger partial charge < -0.3 is 14.8 Å². The highest BCUT2D eigenvalue weighted by molar-refractivity contribution is 6.24. The summed E-state index contributed by atoms with van der Waals surface area (Å²) in [5, 5.41) is 1.02. The van der Waals surface area contributed by atoms with Gasteiger partial charge in [-0.15, -0.1) is 0 Å². The van der Waals surface area contributed by atoms with E-state index in [4.69, 9.17) is 0 Å². The fourth-order valence-corrected chi connectivity index (χ4v) is 3.32. The van der Waals surface area contributed by atoms with E-state index in [1.807, 2.05) is 59.6 Å². The molecule has 1 saturated heterocycles. The molecule has 132 valence electrons. The maximum absolute atomic E-state index is 13.3. The zero-order chi connectivity index (χ0) is 17.9. The Hall–Kier alpha value is -2.92. The number of hydrogen-bond donors (Lipinski definition) is 1. The SMILES string of the molecule is CN1CCN(C(=O)C(=Cc2c[nH]c3ncccc23)c2ccccc2)CC1. The number of nitrogens with one attached hydrogen (secondary N) is 1. The van der Waals surface area contributed by atoms with E-state index in [1.54, 1.807) is 6.20 Å². The van der Waals surface area contributed by atoms with Crippen LogP contribution in [0, 0.1) is 0 Å². The third-order valence-electron chi connectivity index (χ3n) is 4.89. The van der Waals surface area contributed by atoms with Gasteiger partial charge in [-0.2, -0.15) is 0 Å². The summed E-state index contributed by atoms with van der Waals surface area (Å²) in [5.74, 6) is 0.0857. The molecule has 0 unspecified atom stereocenters. The Morgan fingerprint density at radius 1 is 1.08 bits per heavy atom. The number of aromatic amines is 1. The number of piperazine rings is 1. The number of benzene rings is 1. The van der Waals surface area contributed by atoms with Crippen molar-refractivity contribution in [1.29, 1.82) is 0 Å². The number of H-pyrrole nitrogens is 1. The summed E-state index contributed by atoms with van der Waals surface area (Å²) in [6.07, 6.45) is 5.66. The van der Waals surface area contributed by atoms with Crippen LogP contribution in [0.15, 0.2) is 54.9 Å². The highest BCUT2D eigenvalue weighted by atomic mass is 16.2. The molecule has 5 heteroatoms. The van der Waals surface area contributed by atoms with Crippen molar-refractivity contribution < 1.29 is 4.79 Å². The molecular weight excluding hydrogens is 324 g/mol. The van der Waals surface area contributed by atoms with Crippen molar-refractivity contribution >= 4 is 28.6 Å². The van der Waals surface area contributed by atoms with Crippen LogP contribution in [0.25, 0.3) is 22.7 Å². The first-order valence-corrected chi connectivity index (χ1v) is 8.89. The molecule has 2 aromatic heterocycles. The number of pyridine rings is 1. The van der Waals surface area contributed by atoms with Gasteiger partial charge in [-0.3, -0.25) is 4.79 Å². The van der Waals surface area contributed by atoms with Crippen molar-refractivity contribution in [3.63, 3.8) is 0 Å². The molecule has 4 rings (SSSR count). The first-order chi connectivity index (χ1) is 12.7. The average molecular weight is 346 g/mol. The zero-order valence-corrected chi connectivity index (χ0v) is 14.9. The lowest BCUT2D eigenvalue weighted by molar-refractivity contribution is -0.126. The Morgan fingerprint density at radius 2 is 1.85 bits per heavy atom. The molecule has 3 heterocycles. The van der Waals surface area contributed by atoms with Crippen molar-refractivity contribution in [1.82, 2.24) is 19.8 Å². The Labute approximate surface area is 153 Å². The van der Waals surface area contributed by atoms with E-state index in [-0.39, 0.29) is 5.91 Å². The molecule has 0 atom stereocenters. The van der Waals surface area contributed by atoms with Crippen LogP contribution >= 0.6 is 0 Å². The summed E-state index contributed by atoms with van der Waals surface area (Å²) in [5.41, 5.74) is 3.47. The lowest BCUT2D eigenvalue weighted by Crippen LogP contribution is -2.47. The summed E-state index contributed by atoms with van der Waals surface area (Å²) in [6.45, 7) is 3.33. The van der Waals surface area contributed by atoms with Crippen LogP contribution in [0.2, 0.25) is 0 Å². The number of likely N-dealkylation sites (N-methyl/N-ethyl adjacent to an activating group) is 1. The van der Waals surface area contributed by atoms with Gasteiger partial charge in [-0.25, -0.2) is 4.98 Å². The van der Waals surface area contributed by atoms with Gasteiger partial charge in [0.25, 0.3) is 5.91 Å². The van der Waals surface area contributed by atoms with Crippen LogP contribution < -0.4 is 0 Å². The Balaban J connectivity index is 1.75. The second-order valence-electron chi connectivity index (χ2n) is 6.66. The number of rotatable bonds is 3. The van der Waals surface area contributed by atoms with Gasteiger partial charge in [0.05, 0.1) is 0 Å². The smallest absolute Gasteiger partial charge is 0.254 e. The Morgan fingerprint density at radius 3 is 2.62 bits per heavy atom. The minimum absolute atomic E-state index is 0.0857. The molecule has 5 nitrogen and oxygen atoms in total. The Kier molecular flexibility index (Phi) is 4.54. The molecule has 1 aliphatic rings. The number of fused-ring (bicyclic) bond motifs is 1. The van der Waals surface area contributed by atoms with Gasteiger partial charge >= 0.3 is 0 Å². The van der Waals surface area contributed by atoms with E-state index < -0.39 is 0 Å². The van der Waals surface area contributed by atoms with Crippen LogP contribution in [0.5, 0.6) is 0 Å². The topological polar surface area (TPSA) is 52.2 Å². The number of hydrogen-bond acceptors (Lipinski definition) is 3. The molecule has 0 spiro atoms. The van der Waals surface area contributed by atoms with Crippen molar-refractivity contribution in [3.8, 4) is 0 Å². The van der Waals surface area contributed by atoms with Crippen LogP contribution in [0.4, 0.5) is 0 Å². The molecule has 0 saturated carbocycles. The predicted octanol–water partition coefficient (Wildman–Crippen LogP) is 2.88. The minimum Gasteiger partial charge on any atom is -0.346 e. The van der Waals surface area contributed by atoms with Gasteiger partial charge in [-0.05, 0) is 30.8 Å². The molecule has 26 heavy (non-hydrogen) atoms. The molecular formula is C21H22N4O. The highest BCUT2D eigenvalue weighted by Gasteiger charge is 2.23. The van der Waals surface area contributed by atoms with Crippen LogP contribution in [0.1, 0.15) is 11.1 Å². The van der Waals surface area contributed by atoms with E-state index >= 15 is 0 Å². The van der Waals surface area contributed by atoms with E-state index in [0.29, 0.717) is 0 Å². The summed E-state index contributed by atoms with van der Waals surface area (Å²) in [4.78, 5) is 25.0. The molecule has 1 aliphatic heterocycles. The summed E-state index contributed by atoms with van der Waals surface area (Å²) in [7, 11) is 2.09. The van der Waals surface area contributed by atoms with Gasteiger partial charge in [0.15, 0.2) is 0 Å². The van der Waals surface area contributed by atoms with Gasteiger partial charge in [-0.1, -0.05) is 30.3 Å². The molecule has 1 aromatic carbocycles. The van der Waals surface area contributed by atoms with Gasteiger partial charge in [0.2, 0.25) is 0 Å². The van der Waals surface area contributed by atoms with Gasteiger partial charge in [0, 0.05) is 55.1 Å². The number of amides is 1. The highest BCUT2D eigenvalue weighted by Crippen LogP contribution is 2.25. The first-order valence-electron chi connectivity index (χ1n) is 8.89. The van der Waals surface area contributed by atoms with Gasteiger partial charge in [0.1, 0.15) is 5.65 Å². The standard InChI is InChI=1S/C21H22N4O/c1-24-10-12-25(13-11-24)21(26)19(16-6-3-2-4-7-16)14-17-15-23-20-18(17)8-5-9-22-20/h2-9,14-15H,10-13H2,1H3,(H,22,23). The van der Waals surface area contributed by atoms with E-state index in [0.717, 1.165) is 53.9 Å². The first kappa shape index (κ1) is 16.5. The number of aromatic nitrogens is 2. The number of carbonyl (C=O) groups is 1. The molecule has 0 radical (unpaired) electrons. The maximum atomic E-state index is 13.3. The predicted molar refractivity (Wildman–Crippen MR) is 104 cm³/mol. The molecule has 0 bridgehead atoms. The molecule has 1 amide bonds. The normalized spacial score (nSPS) is 16.2. The third kappa shape index (κ3) is 3.26. The monoisotopic (exact) mass is 346 g/mol. The average Bonchev–Trinajstić information content (AvgIpc) is 3.10. The van der Waals surface area contributed by atoms with Crippen LogP contribution in [0.3, 0.4) is 0 Å². The summed E-state index contributed by atoms with van der Waals surface area (Å²) < 4.78 is 0.